The van der Waals surface area contributed by atoms with Crippen LogP contribution in [0.3, 0.4) is 0 Å². The molecule has 2 aromatic rings. The van der Waals surface area contributed by atoms with Crippen molar-refractivity contribution in [1.29, 1.82) is 0 Å². The van der Waals surface area contributed by atoms with E-state index < -0.39 is 0 Å². The summed E-state index contributed by atoms with van der Waals surface area (Å²) >= 11 is -0.162. The summed E-state index contributed by atoms with van der Waals surface area (Å²) in [6.07, 6.45) is 5.82. The molecule has 1 aliphatic heterocycles. The monoisotopic (exact) mass is 451 g/mol. The zero-order valence-corrected chi connectivity index (χ0v) is 16.5. The first-order valence-corrected chi connectivity index (χ1v) is 11.2. The molecule has 1 saturated heterocycles. The van der Waals surface area contributed by atoms with Crippen molar-refractivity contribution >= 4 is 0 Å². The van der Waals surface area contributed by atoms with E-state index in [4.69, 9.17) is 14.2 Å². The minimum absolute atomic E-state index is 0.0468. The van der Waals surface area contributed by atoms with Gasteiger partial charge in [0, 0.05) is 0 Å². The van der Waals surface area contributed by atoms with Gasteiger partial charge in [-0.05, 0) is 0 Å². The van der Waals surface area contributed by atoms with Crippen LogP contribution < -0.4 is 25.9 Å². The minimum atomic E-state index is -0.313. The third-order valence-corrected chi connectivity index (χ3v) is 7.35. The van der Waals surface area contributed by atoms with Crippen molar-refractivity contribution in [1.82, 2.24) is 0 Å². The first-order valence-electron chi connectivity index (χ1n) is 9.06. The van der Waals surface area contributed by atoms with Crippen molar-refractivity contribution in [3.05, 3.63) is 61.7 Å². The van der Waals surface area contributed by atoms with Gasteiger partial charge in [-0.2, -0.15) is 0 Å². The van der Waals surface area contributed by atoms with E-state index in [9.17, 15) is 0 Å². The molecule has 3 nitrogen and oxygen atoms in total. The van der Waals surface area contributed by atoms with Gasteiger partial charge in [-0.15, -0.1) is 0 Å². The Kier molecular flexibility index (Phi) is 5.58. The van der Waals surface area contributed by atoms with Crippen molar-refractivity contribution in [2.24, 2.45) is 0 Å². The first-order chi connectivity index (χ1) is 12.3. The van der Waals surface area contributed by atoms with Gasteiger partial charge in [0.1, 0.15) is 0 Å². The quantitative estimate of drug-likeness (QED) is 0.642. The molecule has 1 aliphatic carbocycles. The summed E-state index contributed by atoms with van der Waals surface area (Å²) in [6.45, 7) is 1.21. The summed E-state index contributed by atoms with van der Waals surface area (Å²) < 4.78 is 21.0. The second-order valence-electron chi connectivity index (χ2n) is 6.68. The molecule has 1 saturated carbocycles. The molecule has 0 amide bonds. The van der Waals surface area contributed by atoms with Gasteiger partial charge >= 0.3 is 160 Å². The average Bonchev–Trinajstić information content (AvgIpc) is 3.04. The van der Waals surface area contributed by atoms with E-state index in [0.717, 1.165) is 18.6 Å². The SMILES string of the molecule is c1ccc([I-]c2cccc(OCC3COC4(CCCCC4)O3)c2)cc1. The van der Waals surface area contributed by atoms with Gasteiger partial charge in [0.2, 0.25) is 0 Å². The normalized spacial score (nSPS) is 22.3. The summed E-state index contributed by atoms with van der Waals surface area (Å²) in [5.41, 5.74) is 0. The topological polar surface area (TPSA) is 27.7 Å². The molecule has 0 N–H and O–H groups in total. The molecule has 25 heavy (non-hydrogen) atoms. The molecular weight excluding hydrogens is 427 g/mol. The molecule has 0 aromatic heterocycles. The van der Waals surface area contributed by atoms with Crippen LogP contribution in [0.15, 0.2) is 54.6 Å². The zero-order chi connectivity index (χ0) is 17.0. The summed E-state index contributed by atoms with van der Waals surface area (Å²) in [6, 6.07) is 19.2. The molecule has 1 heterocycles. The van der Waals surface area contributed by atoms with Crippen LogP contribution in [0.2, 0.25) is 0 Å². The van der Waals surface area contributed by atoms with Gasteiger partial charge in [0.05, 0.1) is 0 Å². The Hall–Kier alpha value is -1.11. The summed E-state index contributed by atoms with van der Waals surface area (Å²) in [5.74, 6) is 0.619. The van der Waals surface area contributed by atoms with Gasteiger partial charge in [0.25, 0.3) is 0 Å². The van der Waals surface area contributed by atoms with E-state index in [1.165, 1.54) is 26.4 Å². The molecule has 1 spiro atoms. The van der Waals surface area contributed by atoms with Gasteiger partial charge < -0.3 is 0 Å². The number of benzene rings is 2. The molecule has 2 fully saturated rings. The second kappa shape index (κ2) is 8.06. The molecular formula is C21H24IO3-. The zero-order valence-electron chi connectivity index (χ0n) is 14.3. The van der Waals surface area contributed by atoms with Crippen molar-refractivity contribution in [2.45, 2.75) is 44.0 Å². The summed E-state index contributed by atoms with van der Waals surface area (Å²) in [7, 11) is 0. The van der Waals surface area contributed by atoms with E-state index in [2.05, 4.69) is 48.5 Å². The van der Waals surface area contributed by atoms with E-state index in [-0.39, 0.29) is 33.1 Å². The molecule has 1 unspecified atom stereocenters. The third kappa shape index (κ3) is 4.54. The molecule has 2 aromatic carbocycles. The van der Waals surface area contributed by atoms with Crippen LogP contribution in [0.4, 0.5) is 0 Å². The molecule has 0 bridgehead atoms. The van der Waals surface area contributed by atoms with Crippen LogP contribution in [-0.2, 0) is 9.47 Å². The van der Waals surface area contributed by atoms with Crippen LogP contribution in [0, 0.1) is 7.14 Å². The van der Waals surface area contributed by atoms with Gasteiger partial charge in [-0.25, -0.2) is 0 Å². The Morgan fingerprint density at radius 1 is 0.960 bits per heavy atom. The molecule has 4 rings (SSSR count). The fourth-order valence-electron chi connectivity index (χ4n) is 3.46. The number of hydrogen-bond donors (Lipinski definition) is 0. The number of ether oxygens (including phenoxy) is 3. The van der Waals surface area contributed by atoms with Crippen LogP contribution >= 0.6 is 0 Å². The molecule has 134 valence electrons. The van der Waals surface area contributed by atoms with Gasteiger partial charge in [0.15, 0.2) is 0 Å². The maximum absolute atomic E-state index is 6.20. The Morgan fingerprint density at radius 3 is 2.60 bits per heavy atom. The summed E-state index contributed by atoms with van der Waals surface area (Å²) in [4.78, 5) is 0. The first kappa shape index (κ1) is 17.3. The van der Waals surface area contributed by atoms with Crippen molar-refractivity contribution in [3.63, 3.8) is 0 Å². The van der Waals surface area contributed by atoms with Crippen LogP contribution in [0.5, 0.6) is 5.75 Å². The Bertz CT molecular complexity index is 683. The van der Waals surface area contributed by atoms with Crippen molar-refractivity contribution in [2.75, 3.05) is 13.2 Å². The molecule has 1 atom stereocenters. The van der Waals surface area contributed by atoms with Gasteiger partial charge in [-0.1, -0.05) is 0 Å². The Balaban J connectivity index is 1.32. The Morgan fingerprint density at radius 2 is 1.76 bits per heavy atom. The predicted molar refractivity (Wildman–Crippen MR) is 92.4 cm³/mol. The predicted octanol–water partition coefficient (Wildman–Crippen LogP) is 1.27. The van der Waals surface area contributed by atoms with Gasteiger partial charge in [-0.3, -0.25) is 0 Å². The number of rotatable bonds is 5. The fraction of sp³-hybridized carbons (Fsp3) is 0.429. The maximum atomic E-state index is 6.20. The van der Waals surface area contributed by atoms with Crippen molar-refractivity contribution in [3.8, 4) is 5.75 Å². The Labute approximate surface area is 159 Å². The van der Waals surface area contributed by atoms with Crippen LogP contribution in [-0.4, -0.2) is 25.1 Å². The second-order valence-corrected chi connectivity index (χ2v) is 9.71. The number of hydrogen-bond acceptors (Lipinski definition) is 3. The number of halogens is 1. The standard InChI is InChI=1S/C21H24IO3/c1-3-8-17(9-4-1)22-18-10-7-11-19(14-18)23-15-20-16-24-21(25-20)12-5-2-6-13-21/h1,3-4,7-11,14,20H,2,5-6,12-13,15-16H2/q-1. The van der Waals surface area contributed by atoms with E-state index in [0.29, 0.717) is 13.2 Å². The fourth-order valence-corrected chi connectivity index (χ4v) is 5.80. The average molecular weight is 451 g/mol. The van der Waals surface area contributed by atoms with Crippen LogP contribution in [0.25, 0.3) is 0 Å². The molecule has 2 aliphatic rings. The molecule has 0 radical (unpaired) electrons. The van der Waals surface area contributed by atoms with E-state index in [1.807, 2.05) is 6.07 Å². The molecule has 4 heteroatoms. The summed E-state index contributed by atoms with van der Waals surface area (Å²) in [5, 5.41) is 0. The van der Waals surface area contributed by atoms with Crippen LogP contribution in [0.1, 0.15) is 32.1 Å². The van der Waals surface area contributed by atoms with Crippen molar-refractivity contribution < 1.29 is 35.4 Å². The third-order valence-electron chi connectivity index (χ3n) is 4.71. The van der Waals surface area contributed by atoms with E-state index >= 15 is 0 Å². The van der Waals surface area contributed by atoms with E-state index in [1.54, 1.807) is 0 Å².